The number of rotatable bonds is 4. The molecule has 4 nitrogen and oxygen atoms in total. The molecule has 0 amide bonds. The molecule has 1 heterocycles. The molecule has 19 heavy (non-hydrogen) atoms. The Balaban J connectivity index is 2.06. The van der Waals surface area contributed by atoms with E-state index in [9.17, 15) is 4.79 Å². The number of carboxylic acid groups (broad SMARTS) is 1. The number of thioether (sulfide) groups is 1. The quantitative estimate of drug-likeness (QED) is 0.864. The first-order valence-electron chi connectivity index (χ1n) is 5.51. The molecule has 0 unspecified atom stereocenters. The van der Waals surface area contributed by atoms with Crippen molar-refractivity contribution in [3.63, 3.8) is 0 Å². The van der Waals surface area contributed by atoms with Crippen LogP contribution in [-0.2, 0) is 5.75 Å². The third kappa shape index (κ3) is 3.33. The van der Waals surface area contributed by atoms with E-state index in [1.165, 1.54) is 24.0 Å². The number of benzene rings is 1. The van der Waals surface area contributed by atoms with Crippen molar-refractivity contribution in [2.45, 2.75) is 10.8 Å². The average Bonchev–Trinajstić information content (AvgIpc) is 2.45. The summed E-state index contributed by atoms with van der Waals surface area (Å²) in [6.07, 6.45) is 1.33. The number of aromatic nitrogens is 1. The molecule has 0 bridgehead atoms. The lowest BCUT2D eigenvalue weighted by Gasteiger charge is -2.03. The van der Waals surface area contributed by atoms with Crippen molar-refractivity contribution in [2.75, 3.05) is 0 Å². The van der Waals surface area contributed by atoms with E-state index in [2.05, 4.69) is 11.1 Å². The number of hydrogen-bond donors (Lipinski definition) is 1. The highest BCUT2D eigenvalue weighted by Gasteiger charge is 2.05. The monoisotopic (exact) mass is 270 g/mol. The first-order chi connectivity index (χ1) is 9.20. The normalized spacial score (nSPS) is 9.84. The van der Waals surface area contributed by atoms with Gasteiger partial charge in [0.25, 0.3) is 0 Å². The van der Waals surface area contributed by atoms with Gasteiger partial charge in [-0.15, -0.1) is 11.8 Å². The summed E-state index contributed by atoms with van der Waals surface area (Å²) in [4.78, 5) is 14.8. The Morgan fingerprint density at radius 1 is 1.32 bits per heavy atom. The summed E-state index contributed by atoms with van der Waals surface area (Å²) >= 11 is 1.47. The van der Waals surface area contributed by atoms with Crippen LogP contribution in [0.5, 0.6) is 0 Å². The van der Waals surface area contributed by atoms with Crippen LogP contribution in [0.4, 0.5) is 0 Å². The molecule has 0 saturated carbocycles. The fraction of sp³-hybridized carbons (Fsp3) is 0.0714. The second kappa shape index (κ2) is 6.03. The van der Waals surface area contributed by atoms with Gasteiger partial charge in [0.15, 0.2) is 0 Å². The standard InChI is InChI=1S/C14H10N2O2S/c15-7-10-3-1-2-4-12(10)9-19-13-6-5-11(8-16-13)14(17)18/h1-6,8H,9H2,(H,17,18). The van der Waals surface area contributed by atoms with Crippen molar-refractivity contribution >= 4 is 17.7 Å². The van der Waals surface area contributed by atoms with Crippen molar-refractivity contribution in [1.29, 1.82) is 5.26 Å². The average molecular weight is 270 g/mol. The van der Waals surface area contributed by atoms with Crippen molar-refractivity contribution in [3.05, 3.63) is 59.3 Å². The number of hydrogen-bond acceptors (Lipinski definition) is 4. The Morgan fingerprint density at radius 3 is 2.74 bits per heavy atom. The van der Waals surface area contributed by atoms with Crippen LogP contribution in [0.3, 0.4) is 0 Å². The van der Waals surface area contributed by atoms with Gasteiger partial charge in [0, 0.05) is 11.9 Å². The van der Waals surface area contributed by atoms with Gasteiger partial charge in [0.05, 0.1) is 22.2 Å². The van der Waals surface area contributed by atoms with E-state index >= 15 is 0 Å². The van der Waals surface area contributed by atoms with E-state index in [1.54, 1.807) is 12.1 Å². The molecule has 2 aromatic rings. The van der Waals surface area contributed by atoms with Gasteiger partial charge in [-0.05, 0) is 23.8 Å². The first kappa shape index (κ1) is 13.1. The van der Waals surface area contributed by atoms with Gasteiger partial charge in [-0.3, -0.25) is 0 Å². The van der Waals surface area contributed by atoms with E-state index in [-0.39, 0.29) is 5.56 Å². The van der Waals surface area contributed by atoms with Crippen LogP contribution in [0.2, 0.25) is 0 Å². The van der Waals surface area contributed by atoms with Crippen LogP contribution in [0, 0.1) is 11.3 Å². The Morgan fingerprint density at radius 2 is 2.11 bits per heavy atom. The van der Waals surface area contributed by atoms with Crippen LogP contribution in [0.25, 0.3) is 0 Å². The summed E-state index contributed by atoms with van der Waals surface area (Å²) in [6, 6.07) is 12.7. The topological polar surface area (TPSA) is 74.0 Å². The van der Waals surface area contributed by atoms with Crippen LogP contribution < -0.4 is 0 Å². The third-order valence-corrected chi connectivity index (χ3v) is 3.49. The van der Waals surface area contributed by atoms with Crippen LogP contribution >= 0.6 is 11.8 Å². The van der Waals surface area contributed by atoms with Crippen LogP contribution in [-0.4, -0.2) is 16.1 Å². The van der Waals surface area contributed by atoms with Crippen molar-refractivity contribution in [3.8, 4) is 6.07 Å². The highest BCUT2D eigenvalue weighted by atomic mass is 32.2. The Kier molecular flexibility index (Phi) is 4.16. The van der Waals surface area contributed by atoms with Gasteiger partial charge >= 0.3 is 5.97 Å². The van der Waals surface area contributed by atoms with Gasteiger partial charge in [0.2, 0.25) is 0 Å². The molecule has 0 aliphatic carbocycles. The highest BCUT2D eigenvalue weighted by Crippen LogP contribution is 2.22. The molecule has 0 atom stereocenters. The fourth-order valence-corrected chi connectivity index (χ4v) is 2.35. The van der Waals surface area contributed by atoms with E-state index in [4.69, 9.17) is 10.4 Å². The molecule has 0 aliphatic rings. The predicted octanol–water partition coefficient (Wildman–Crippen LogP) is 2.94. The number of nitrogens with zero attached hydrogens (tertiary/aromatic N) is 2. The fourth-order valence-electron chi connectivity index (χ4n) is 1.50. The number of carbonyl (C=O) groups is 1. The molecular formula is C14H10N2O2S. The van der Waals surface area contributed by atoms with Crippen molar-refractivity contribution < 1.29 is 9.90 Å². The van der Waals surface area contributed by atoms with Gasteiger partial charge in [-0.1, -0.05) is 18.2 Å². The maximum Gasteiger partial charge on any atom is 0.337 e. The SMILES string of the molecule is N#Cc1ccccc1CSc1ccc(C(=O)O)cn1. The lowest BCUT2D eigenvalue weighted by atomic mass is 10.1. The van der Waals surface area contributed by atoms with E-state index in [0.29, 0.717) is 11.3 Å². The minimum Gasteiger partial charge on any atom is -0.478 e. The number of aromatic carboxylic acids is 1. The second-order valence-corrected chi connectivity index (χ2v) is 4.74. The maximum atomic E-state index is 10.7. The summed E-state index contributed by atoms with van der Waals surface area (Å²) in [6.45, 7) is 0. The molecule has 1 N–H and O–H groups in total. The second-order valence-electron chi connectivity index (χ2n) is 3.75. The Labute approximate surface area is 114 Å². The predicted molar refractivity (Wildman–Crippen MR) is 71.9 cm³/mol. The Hall–Kier alpha value is -2.32. The smallest absolute Gasteiger partial charge is 0.337 e. The third-order valence-electron chi connectivity index (χ3n) is 2.50. The van der Waals surface area contributed by atoms with Crippen molar-refractivity contribution in [2.24, 2.45) is 0 Å². The summed E-state index contributed by atoms with van der Waals surface area (Å²) in [7, 11) is 0. The number of pyridine rings is 1. The number of nitriles is 1. The molecule has 0 radical (unpaired) electrons. The summed E-state index contributed by atoms with van der Waals surface area (Å²) < 4.78 is 0. The van der Waals surface area contributed by atoms with Gasteiger partial charge in [0.1, 0.15) is 0 Å². The maximum absolute atomic E-state index is 10.7. The lowest BCUT2D eigenvalue weighted by molar-refractivity contribution is 0.0696. The minimum absolute atomic E-state index is 0.168. The van der Waals surface area contributed by atoms with Crippen molar-refractivity contribution in [1.82, 2.24) is 4.98 Å². The zero-order valence-electron chi connectivity index (χ0n) is 9.91. The van der Waals surface area contributed by atoms with E-state index in [0.717, 1.165) is 10.6 Å². The molecular weight excluding hydrogens is 260 g/mol. The molecule has 94 valence electrons. The first-order valence-corrected chi connectivity index (χ1v) is 6.49. The zero-order chi connectivity index (χ0) is 13.7. The molecule has 1 aromatic carbocycles. The molecule has 0 saturated heterocycles. The zero-order valence-corrected chi connectivity index (χ0v) is 10.7. The van der Waals surface area contributed by atoms with E-state index in [1.807, 2.05) is 18.2 Å². The van der Waals surface area contributed by atoms with Gasteiger partial charge < -0.3 is 5.11 Å². The lowest BCUT2D eigenvalue weighted by Crippen LogP contribution is -1.96. The summed E-state index contributed by atoms with van der Waals surface area (Å²) in [5.74, 6) is -0.359. The molecule has 1 aromatic heterocycles. The summed E-state index contributed by atoms with van der Waals surface area (Å²) in [5.41, 5.74) is 1.76. The molecule has 5 heteroatoms. The molecule has 0 aliphatic heterocycles. The number of carboxylic acids is 1. The molecule has 2 rings (SSSR count). The molecule has 0 spiro atoms. The highest BCUT2D eigenvalue weighted by molar-refractivity contribution is 7.98. The van der Waals surface area contributed by atoms with Gasteiger partial charge in [-0.25, -0.2) is 9.78 Å². The minimum atomic E-state index is -0.987. The van der Waals surface area contributed by atoms with E-state index < -0.39 is 5.97 Å². The molecule has 0 fully saturated rings. The summed E-state index contributed by atoms with van der Waals surface area (Å²) in [5, 5.41) is 18.5. The Bertz CT molecular complexity index is 633. The largest absolute Gasteiger partial charge is 0.478 e. The van der Waals surface area contributed by atoms with Crippen LogP contribution in [0.15, 0.2) is 47.6 Å². The van der Waals surface area contributed by atoms with Gasteiger partial charge in [-0.2, -0.15) is 5.26 Å². The van der Waals surface area contributed by atoms with Crippen LogP contribution in [0.1, 0.15) is 21.5 Å².